The molecule has 1 atom stereocenters. The summed E-state index contributed by atoms with van der Waals surface area (Å²) >= 11 is 0. The highest BCUT2D eigenvalue weighted by Gasteiger charge is 2.17. The van der Waals surface area contributed by atoms with Crippen molar-refractivity contribution in [2.45, 2.75) is 12.5 Å². The number of carboxylic acid groups (broad SMARTS) is 1. The highest BCUT2D eigenvalue weighted by molar-refractivity contribution is 5.83. The Hall–Kier alpha value is -1.14. The summed E-state index contributed by atoms with van der Waals surface area (Å²) in [4.78, 5) is 20.1. The highest BCUT2D eigenvalue weighted by atomic mass is 16.5. The Morgan fingerprint density at radius 1 is 1.60 bits per heavy atom. The first kappa shape index (κ1) is 8.86. The Kier molecular flexibility index (Phi) is 3.37. The second-order valence-corrected chi connectivity index (χ2v) is 1.69. The summed E-state index contributed by atoms with van der Waals surface area (Å²) in [7, 11) is 0. The summed E-state index contributed by atoms with van der Waals surface area (Å²) < 4.78 is 0. The van der Waals surface area contributed by atoms with Crippen LogP contribution in [0.3, 0.4) is 0 Å². The van der Waals surface area contributed by atoms with Crippen LogP contribution in [0.1, 0.15) is 6.42 Å². The van der Waals surface area contributed by atoms with Gasteiger partial charge in [0.1, 0.15) is 6.04 Å². The summed E-state index contributed by atoms with van der Waals surface area (Å²) in [6, 6.07) is -1.31. The van der Waals surface area contributed by atoms with Crippen molar-refractivity contribution in [3.63, 3.8) is 0 Å². The smallest absolute Gasteiger partial charge is 0.323 e. The van der Waals surface area contributed by atoms with Gasteiger partial charge in [-0.05, 0) is 0 Å². The molecule has 58 valence electrons. The lowest BCUT2D eigenvalue weighted by molar-refractivity contribution is -0.144. The zero-order valence-electron chi connectivity index (χ0n) is 5.07. The van der Waals surface area contributed by atoms with Crippen LogP contribution in [0.2, 0.25) is 0 Å². The number of primary amides is 1. The SMILES string of the molecule is NC(=O)C[C@H](NO)C(=O)O. The Morgan fingerprint density at radius 3 is 2.20 bits per heavy atom. The number of carbonyl (C=O) groups is 2. The van der Waals surface area contributed by atoms with E-state index in [-0.39, 0.29) is 0 Å². The molecule has 0 radical (unpaired) electrons. The molecule has 0 aromatic rings. The number of hydrogen-bond acceptors (Lipinski definition) is 4. The van der Waals surface area contributed by atoms with E-state index in [1.165, 1.54) is 5.48 Å². The van der Waals surface area contributed by atoms with Crippen LogP contribution in [0.5, 0.6) is 0 Å². The van der Waals surface area contributed by atoms with E-state index >= 15 is 0 Å². The number of carbonyl (C=O) groups excluding carboxylic acids is 1. The number of hydroxylamine groups is 1. The van der Waals surface area contributed by atoms with Gasteiger partial charge in [0.25, 0.3) is 0 Å². The Morgan fingerprint density at radius 2 is 2.10 bits per heavy atom. The summed E-state index contributed by atoms with van der Waals surface area (Å²) in [5.41, 5.74) is 6.09. The van der Waals surface area contributed by atoms with Crippen LogP contribution < -0.4 is 11.2 Å². The molecule has 0 aromatic carbocycles. The normalized spacial score (nSPS) is 12.5. The topological polar surface area (TPSA) is 113 Å². The maximum absolute atomic E-state index is 10.1. The molecule has 0 fully saturated rings. The zero-order valence-corrected chi connectivity index (χ0v) is 5.07. The molecule has 0 unspecified atom stereocenters. The predicted molar refractivity (Wildman–Crippen MR) is 30.2 cm³/mol. The predicted octanol–water partition coefficient (Wildman–Crippen LogP) is -1.71. The lowest BCUT2D eigenvalue weighted by Gasteiger charge is -2.05. The molecule has 0 heterocycles. The monoisotopic (exact) mass is 148 g/mol. The second kappa shape index (κ2) is 3.80. The maximum Gasteiger partial charge on any atom is 0.323 e. The average molecular weight is 148 g/mol. The second-order valence-electron chi connectivity index (χ2n) is 1.69. The minimum atomic E-state index is -1.32. The van der Waals surface area contributed by atoms with E-state index in [0.717, 1.165) is 0 Å². The lowest BCUT2D eigenvalue weighted by atomic mass is 10.2. The number of amides is 1. The molecule has 1 amide bonds. The van der Waals surface area contributed by atoms with Crippen LogP contribution in [-0.4, -0.2) is 28.2 Å². The first-order chi connectivity index (χ1) is 4.57. The van der Waals surface area contributed by atoms with E-state index in [1.807, 2.05) is 0 Å². The van der Waals surface area contributed by atoms with Crippen LogP contribution in [0.4, 0.5) is 0 Å². The molecular formula is C4H8N2O4. The minimum Gasteiger partial charge on any atom is -0.480 e. The van der Waals surface area contributed by atoms with Crippen molar-refractivity contribution in [2.24, 2.45) is 5.73 Å². The van der Waals surface area contributed by atoms with E-state index in [9.17, 15) is 9.59 Å². The lowest BCUT2D eigenvalue weighted by Crippen LogP contribution is -2.37. The molecule has 6 heteroatoms. The molecule has 0 spiro atoms. The molecule has 0 saturated carbocycles. The standard InChI is InChI=1S/C4H8N2O4/c5-3(7)1-2(6-10)4(8)9/h2,6,10H,1H2,(H2,5,7)(H,8,9)/t2-/m0/s1. The van der Waals surface area contributed by atoms with Gasteiger partial charge in [-0.25, -0.2) is 0 Å². The van der Waals surface area contributed by atoms with Crippen molar-refractivity contribution in [3.8, 4) is 0 Å². The van der Waals surface area contributed by atoms with E-state index in [1.54, 1.807) is 0 Å². The van der Waals surface area contributed by atoms with Gasteiger partial charge in [0, 0.05) is 0 Å². The number of hydrogen-bond donors (Lipinski definition) is 4. The van der Waals surface area contributed by atoms with Gasteiger partial charge in [-0.1, -0.05) is 0 Å². The van der Waals surface area contributed by atoms with Gasteiger partial charge in [0.2, 0.25) is 5.91 Å². The van der Waals surface area contributed by atoms with Gasteiger partial charge < -0.3 is 16.0 Å². The molecule has 0 bridgehead atoms. The van der Waals surface area contributed by atoms with Crippen molar-refractivity contribution in [2.75, 3.05) is 0 Å². The number of aliphatic carboxylic acids is 1. The third-order valence-electron chi connectivity index (χ3n) is 0.859. The van der Waals surface area contributed by atoms with Crippen molar-refractivity contribution in [3.05, 3.63) is 0 Å². The molecule has 6 nitrogen and oxygen atoms in total. The highest BCUT2D eigenvalue weighted by Crippen LogP contribution is 1.88. The van der Waals surface area contributed by atoms with E-state index in [2.05, 4.69) is 5.73 Å². The molecule has 0 aliphatic heterocycles. The van der Waals surface area contributed by atoms with Crippen molar-refractivity contribution < 1.29 is 19.9 Å². The van der Waals surface area contributed by atoms with Crippen molar-refractivity contribution in [1.29, 1.82) is 0 Å². The first-order valence-electron chi connectivity index (χ1n) is 2.48. The number of nitrogens with one attached hydrogen (secondary N) is 1. The Bertz CT molecular complexity index is 146. The van der Waals surface area contributed by atoms with Gasteiger partial charge in [-0.15, -0.1) is 0 Å². The third kappa shape index (κ3) is 3.00. The van der Waals surface area contributed by atoms with Gasteiger partial charge in [0.15, 0.2) is 0 Å². The number of nitrogens with two attached hydrogens (primary N) is 1. The fourth-order valence-corrected chi connectivity index (χ4v) is 0.389. The van der Waals surface area contributed by atoms with Gasteiger partial charge in [0.05, 0.1) is 6.42 Å². The fraction of sp³-hybridized carbons (Fsp3) is 0.500. The largest absolute Gasteiger partial charge is 0.480 e. The van der Waals surface area contributed by atoms with Crippen molar-refractivity contribution in [1.82, 2.24) is 5.48 Å². The summed E-state index contributed by atoms with van der Waals surface area (Å²) in [5.74, 6) is -2.10. The number of rotatable bonds is 4. The fourth-order valence-electron chi connectivity index (χ4n) is 0.389. The number of carboxylic acids is 1. The first-order valence-corrected chi connectivity index (χ1v) is 2.48. The van der Waals surface area contributed by atoms with Gasteiger partial charge in [-0.3, -0.25) is 9.59 Å². The summed E-state index contributed by atoms with van der Waals surface area (Å²) in [5, 5.41) is 16.3. The summed E-state index contributed by atoms with van der Waals surface area (Å²) in [6.07, 6.45) is -0.425. The van der Waals surface area contributed by atoms with Crippen LogP contribution in [0, 0.1) is 0 Å². The maximum atomic E-state index is 10.1. The molecule has 5 N–H and O–H groups in total. The molecule has 0 aromatic heterocycles. The van der Waals surface area contributed by atoms with E-state index in [4.69, 9.17) is 10.3 Å². The quantitative estimate of drug-likeness (QED) is 0.355. The minimum absolute atomic E-state index is 0.425. The molecule has 0 aliphatic carbocycles. The third-order valence-corrected chi connectivity index (χ3v) is 0.859. The van der Waals surface area contributed by atoms with Crippen LogP contribution >= 0.6 is 0 Å². The zero-order chi connectivity index (χ0) is 8.15. The van der Waals surface area contributed by atoms with Crippen LogP contribution in [0.25, 0.3) is 0 Å². The molecular weight excluding hydrogens is 140 g/mol. The molecule has 0 rings (SSSR count). The van der Waals surface area contributed by atoms with E-state index < -0.39 is 24.3 Å². The van der Waals surface area contributed by atoms with Crippen molar-refractivity contribution >= 4 is 11.9 Å². The molecule has 0 aliphatic rings. The molecule has 10 heavy (non-hydrogen) atoms. The van der Waals surface area contributed by atoms with Crippen LogP contribution in [-0.2, 0) is 9.59 Å². The Labute approximate surface area is 56.6 Å². The Balaban J connectivity index is 3.83. The van der Waals surface area contributed by atoms with Gasteiger partial charge >= 0.3 is 5.97 Å². The average Bonchev–Trinajstić information content (AvgIpc) is 1.81. The van der Waals surface area contributed by atoms with E-state index in [0.29, 0.717) is 0 Å². The van der Waals surface area contributed by atoms with Crippen LogP contribution in [0.15, 0.2) is 0 Å². The van der Waals surface area contributed by atoms with Gasteiger partial charge in [-0.2, -0.15) is 5.48 Å². The molecule has 0 saturated heterocycles. The summed E-state index contributed by atoms with van der Waals surface area (Å²) in [6.45, 7) is 0.